The van der Waals surface area contributed by atoms with Crippen molar-refractivity contribution in [3.05, 3.63) is 82.8 Å². The molecule has 0 saturated heterocycles. The number of halogens is 1. The third-order valence-electron chi connectivity index (χ3n) is 4.47. The molecule has 3 rings (SSSR count). The molecule has 0 aliphatic carbocycles. The van der Waals surface area contributed by atoms with Crippen LogP contribution in [-0.4, -0.2) is 8.32 Å². The van der Waals surface area contributed by atoms with Crippen LogP contribution in [0.3, 0.4) is 0 Å². The second-order valence-electron chi connectivity index (χ2n) is 7.18. The quantitative estimate of drug-likeness (QED) is 0.577. The molecule has 0 saturated carbocycles. The summed E-state index contributed by atoms with van der Waals surface area (Å²) in [6.07, 6.45) is 0. The van der Waals surface area contributed by atoms with Gasteiger partial charge in [0, 0.05) is 10.3 Å². The zero-order valence-electron chi connectivity index (χ0n) is 14.8. The second kappa shape index (κ2) is 7.24. The van der Waals surface area contributed by atoms with E-state index in [1.165, 1.54) is 27.1 Å². The van der Waals surface area contributed by atoms with Gasteiger partial charge in [0.2, 0.25) is 0 Å². The monoisotopic (exact) mass is 370 g/mol. The van der Waals surface area contributed by atoms with E-state index in [1.807, 2.05) is 12.1 Å². The fraction of sp³-hybridized carbons (Fsp3) is 0.238. The van der Waals surface area contributed by atoms with Crippen molar-refractivity contribution in [1.82, 2.24) is 0 Å². The van der Waals surface area contributed by atoms with Gasteiger partial charge in [0.15, 0.2) is 0 Å². The molecule has 0 amide bonds. The minimum atomic E-state index is -2.54. The Morgan fingerprint density at radius 2 is 1.44 bits per heavy atom. The molecule has 0 radical (unpaired) electrons. The van der Waals surface area contributed by atoms with Crippen LogP contribution < -0.4 is 10.4 Å². The van der Waals surface area contributed by atoms with Gasteiger partial charge in [0.1, 0.15) is 5.82 Å². The largest absolute Gasteiger partial charge is 0.402 e. The zero-order chi connectivity index (χ0) is 17.9. The fourth-order valence-corrected chi connectivity index (χ4v) is 8.64. The van der Waals surface area contributed by atoms with Crippen molar-refractivity contribution in [3.63, 3.8) is 0 Å². The molecular weight excluding hydrogens is 347 g/mol. The molecule has 1 nitrogen and oxygen atoms in total. The van der Waals surface area contributed by atoms with Crippen LogP contribution >= 0.6 is 11.3 Å². The maximum Gasteiger partial charge on any atom is 0.261 e. The molecule has 4 heteroatoms. The molecule has 0 aliphatic rings. The Balaban J connectivity index is 2.11. The first kappa shape index (κ1) is 18.1. The van der Waals surface area contributed by atoms with Crippen molar-refractivity contribution in [2.45, 2.75) is 32.4 Å². The summed E-state index contributed by atoms with van der Waals surface area (Å²) in [5.41, 5.74) is 0. The summed E-state index contributed by atoms with van der Waals surface area (Å²) in [6.45, 7) is 7.17. The number of benzene rings is 2. The van der Waals surface area contributed by atoms with Crippen LogP contribution in [0.1, 0.15) is 25.6 Å². The molecule has 2 aromatic carbocycles. The van der Waals surface area contributed by atoms with Crippen LogP contribution in [0.15, 0.2) is 72.1 Å². The van der Waals surface area contributed by atoms with Gasteiger partial charge >= 0.3 is 0 Å². The van der Waals surface area contributed by atoms with Gasteiger partial charge in [0.05, 0.1) is 6.61 Å². The lowest BCUT2D eigenvalue weighted by Gasteiger charge is -2.43. The molecule has 0 atom stereocenters. The highest BCUT2D eigenvalue weighted by Crippen LogP contribution is 2.37. The highest BCUT2D eigenvalue weighted by Gasteiger charge is 2.50. The number of hydrogen-bond donors (Lipinski definition) is 0. The van der Waals surface area contributed by atoms with E-state index in [9.17, 15) is 4.39 Å². The van der Waals surface area contributed by atoms with Crippen molar-refractivity contribution in [1.29, 1.82) is 0 Å². The van der Waals surface area contributed by atoms with E-state index in [0.717, 1.165) is 4.88 Å². The van der Waals surface area contributed by atoms with Crippen molar-refractivity contribution < 1.29 is 8.82 Å². The van der Waals surface area contributed by atoms with E-state index in [-0.39, 0.29) is 10.9 Å². The van der Waals surface area contributed by atoms with E-state index in [2.05, 4.69) is 69.3 Å². The SMILES string of the molecule is CC(C)(C)[Si](OCc1cc(F)cs1)(c1ccccc1)c1ccccc1. The van der Waals surface area contributed by atoms with E-state index in [0.29, 0.717) is 6.61 Å². The van der Waals surface area contributed by atoms with Crippen LogP contribution in [0.25, 0.3) is 0 Å². The first-order chi connectivity index (χ1) is 11.9. The Labute approximate surface area is 154 Å². The molecule has 0 aliphatic heterocycles. The first-order valence-corrected chi connectivity index (χ1v) is 11.2. The molecule has 0 spiro atoms. The minimum absolute atomic E-state index is 0.0640. The average molecular weight is 371 g/mol. The van der Waals surface area contributed by atoms with E-state index < -0.39 is 8.32 Å². The topological polar surface area (TPSA) is 9.23 Å². The average Bonchev–Trinajstić information content (AvgIpc) is 3.02. The smallest absolute Gasteiger partial charge is 0.261 e. The summed E-state index contributed by atoms with van der Waals surface area (Å²) in [7, 11) is -2.54. The van der Waals surface area contributed by atoms with Gasteiger partial charge in [-0.25, -0.2) is 4.39 Å². The Hall–Kier alpha value is -1.75. The summed E-state index contributed by atoms with van der Waals surface area (Å²) < 4.78 is 20.1. The Morgan fingerprint density at radius 3 is 1.84 bits per heavy atom. The molecule has 25 heavy (non-hydrogen) atoms. The lowest BCUT2D eigenvalue weighted by Crippen LogP contribution is -2.66. The molecule has 1 heterocycles. The minimum Gasteiger partial charge on any atom is -0.402 e. The van der Waals surface area contributed by atoms with Gasteiger partial charge in [-0.2, -0.15) is 0 Å². The van der Waals surface area contributed by atoms with Gasteiger partial charge in [-0.05, 0) is 21.5 Å². The van der Waals surface area contributed by atoms with E-state index >= 15 is 0 Å². The highest BCUT2D eigenvalue weighted by molar-refractivity contribution is 7.10. The van der Waals surface area contributed by atoms with Gasteiger partial charge < -0.3 is 4.43 Å². The van der Waals surface area contributed by atoms with Crippen LogP contribution in [0, 0.1) is 5.82 Å². The van der Waals surface area contributed by atoms with Gasteiger partial charge in [-0.15, -0.1) is 11.3 Å². The molecule has 0 fully saturated rings. The molecule has 130 valence electrons. The molecular formula is C21H23FOSSi. The standard InChI is InChI=1S/C21H23FOSSi/c1-21(2,3)25(19-10-6-4-7-11-19,20-12-8-5-9-13-20)23-15-18-14-17(22)16-24-18/h4-14,16H,15H2,1-3H3. The Kier molecular flexibility index (Phi) is 5.23. The van der Waals surface area contributed by atoms with Gasteiger partial charge in [-0.3, -0.25) is 0 Å². The van der Waals surface area contributed by atoms with E-state index in [4.69, 9.17) is 4.43 Å². The summed E-state index contributed by atoms with van der Waals surface area (Å²) >= 11 is 1.41. The summed E-state index contributed by atoms with van der Waals surface area (Å²) in [4.78, 5) is 0.922. The lowest BCUT2D eigenvalue weighted by molar-refractivity contribution is 0.289. The number of hydrogen-bond acceptors (Lipinski definition) is 2. The zero-order valence-corrected chi connectivity index (χ0v) is 16.6. The maximum absolute atomic E-state index is 13.4. The molecule has 0 unspecified atom stereocenters. The van der Waals surface area contributed by atoms with Crippen molar-refractivity contribution in [2.24, 2.45) is 0 Å². The molecule has 0 bridgehead atoms. The van der Waals surface area contributed by atoms with Crippen LogP contribution in [0.2, 0.25) is 5.04 Å². The predicted molar refractivity (Wildman–Crippen MR) is 107 cm³/mol. The number of thiophene rings is 1. The van der Waals surface area contributed by atoms with Crippen LogP contribution in [0.4, 0.5) is 4.39 Å². The van der Waals surface area contributed by atoms with Crippen molar-refractivity contribution in [3.8, 4) is 0 Å². The van der Waals surface area contributed by atoms with Crippen molar-refractivity contribution in [2.75, 3.05) is 0 Å². The van der Waals surface area contributed by atoms with Gasteiger partial charge in [-0.1, -0.05) is 81.4 Å². The Bertz CT molecular complexity index is 769. The van der Waals surface area contributed by atoms with Crippen molar-refractivity contribution >= 4 is 30.0 Å². The normalized spacial score (nSPS) is 12.3. The molecule has 0 N–H and O–H groups in total. The summed E-state index contributed by atoms with van der Waals surface area (Å²) in [5, 5.41) is 3.95. The van der Waals surface area contributed by atoms with Crippen LogP contribution in [-0.2, 0) is 11.0 Å². The second-order valence-corrected chi connectivity index (χ2v) is 12.5. The summed E-state index contributed by atoms with van der Waals surface area (Å²) in [6, 6.07) is 22.6. The summed E-state index contributed by atoms with van der Waals surface area (Å²) in [5.74, 6) is -0.189. The first-order valence-electron chi connectivity index (χ1n) is 8.41. The molecule has 3 aromatic rings. The lowest BCUT2D eigenvalue weighted by atomic mass is 10.2. The molecule has 1 aromatic heterocycles. The van der Waals surface area contributed by atoms with Crippen LogP contribution in [0.5, 0.6) is 0 Å². The fourth-order valence-electron chi connectivity index (χ4n) is 3.37. The number of rotatable bonds is 5. The highest BCUT2D eigenvalue weighted by atomic mass is 32.1. The third-order valence-corrected chi connectivity index (χ3v) is 10.3. The predicted octanol–water partition coefficient (Wildman–Crippen LogP) is 4.96. The maximum atomic E-state index is 13.4. The van der Waals surface area contributed by atoms with Gasteiger partial charge in [0.25, 0.3) is 8.32 Å². The van der Waals surface area contributed by atoms with E-state index in [1.54, 1.807) is 6.07 Å². The Morgan fingerprint density at radius 1 is 0.920 bits per heavy atom. The third kappa shape index (κ3) is 3.61.